The molecule has 2 aromatic carbocycles. The summed E-state index contributed by atoms with van der Waals surface area (Å²) in [6.07, 6.45) is 4.39. The molecule has 0 aliphatic rings. The van der Waals surface area contributed by atoms with E-state index in [1.807, 2.05) is 54.8 Å². The predicted octanol–water partition coefficient (Wildman–Crippen LogP) is 4.88. The Kier molecular flexibility index (Phi) is 7.02. The van der Waals surface area contributed by atoms with E-state index in [-0.39, 0.29) is 11.3 Å². The predicted molar refractivity (Wildman–Crippen MR) is 131 cm³/mol. The summed E-state index contributed by atoms with van der Waals surface area (Å²) in [5.41, 5.74) is 1.30. The Labute approximate surface area is 194 Å². The van der Waals surface area contributed by atoms with E-state index < -0.39 is 10.9 Å². The van der Waals surface area contributed by atoms with Crippen molar-refractivity contribution >= 4 is 33.5 Å². The number of hydrogen-bond acceptors (Lipinski definition) is 4. The van der Waals surface area contributed by atoms with Gasteiger partial charge in [0, 0.05) is 28.5 Å². The van der Waals surface area contributed by atoms with Gasteiger partial charge in [-0.1, -0.05) is 41.9 Å². The molecular formula is C25H24ClN2O3S+. The fraction of sp³-hybridized carbons (Fsp3) is 0.200. The van der Waals surface area contributed by atoms with Gasteiger partial charge < -0.3 is 9.84 Å². The maximum Gasteiger partial charge on any atom is 0.311 e. The van der Waals surface area contributed by atoms with E-state index in [0.29, 0.717) is 34.1 Å². The number of fused-ring (bicyclic) bond motifs is 1. The van der Waals surface area contributed by atoms with Gasteiger partial charge in [-0.05, 0) is 42.0 Å². The van der Waals surface area contributed by atoms with Crippen LogP contribution in [0.25, 0.3) is 11.0 Å². The van der Waals surface area contributed by atoms with Gasteiger partial charge >= 0.3 is 5.56 Å². The second-order valence-electron chi connectivity index (χ2n) is 7.43. The maximum absolute atomic E-state index is 13.5. The average molecular weight is 468 g/mol. The van der Waals surface area contributed by atoms with Crippen LogP contribution in [0, 0.1) is 0 Å². The number of hydrogen-bond donors (Lipinski definition) is 1. The molecule has 0 saturated heterocycles. The number of halogens is 1. The van der Waals surface area contributed by atoms with E-state index in [1.165, 1.54) is 0 Å². The molecule has 4 aromatic rings. The van der Waals surface area contributed by atoms with Crippen molar-refractivity contribution < 1.29 is 9.84 Å². The molecule has 2 heterocycles. The SMILES string of the molecule is C[S+](CCCOc1ccc(Cl)cc1)c1c(O)c2cccnc2n(Cc2ccccc2)c1=O. The van der Waals surface area contributed by atoms with Crippen LogP contribution in [0.3, 0.4) is 0 Å². The van der Waals surface area contributed by atoms with E-state index >= 15 is 0 Å². The second-order valence-corrected chi connectivity index (χ2v) is 9.95. The third kappa shape index (κ3) is 4.92. The molecular weight excluding hydrogens is 444 g/mol. The second kappa shape index (κ2) is 10.1. The molecule has 0 fully saturated rings. The zero-order chi connectivity index (χ0) is 22.5. The van der Waals surface area contributed by atoms with Crippen LogP contribution >= 0.6 is 11.6 Å². The van der Waals surface area contributed by atoms with Crippen LogP contribution in [0.2, 0.25) is 5.02 Å². The molecule has 0 aliphatic carbocycles. The first-order chi connectivity index (χ1) is 15.5. The highest BCUT2D eigenvalue weighted by Crippen LogP contribution is 2.29. The van der Waals surface area contributed by atoms with Gasteiger partial charge in [0.05, 0.1) is 18.5 Å². The Hall–Kier alpha value is -2.96. The maximum atomic E-state index is 13.5. The van der Waals surface area contributed by atoms with Crippen molar-refractivity contribution in [3.05, 3.63) is 93.9 Å². The summed E-state index contributed by atoms with van der Waals surface area (Å²) in [7, 11) is -0.455. The van der Waals surface area contributed by atoms with Crippen molar-refractivity contribution in [1.29, 1.82) is 0 Å². The molecule has 0 aliphatic heterocycles. The zero-order valence-electron chi connectivity index (χ0n) is 17.7. The number of pyridine rings is 2. The van der Waals surface area contributed by atoms with E-state index in [0.717, 1.165) is 23.5 Å². The highest BCUT2D eigenvalue weighted by molar-refractivity contribution is 7.96. The van der Waals surface area contributed by atoms with Crippen LogP contribution in [0.5, 0.6) is 11.5 Å². The van der Waals surface area contributed by atoms with Crippen LogP contribution in [0.1, 0.15) is 12.0 Å². The van der Waals surface area contributed by atoms with Crippen molar-refractivity contribution in [1.82, 2.24) is 9.55 Å². The molecule has 0 radical (unpaired) electrons. The van der Waals surface area contributed by atoms with E-state index in [2.05, 4.69) is 4.98 Å². The number of benzene rings is 2. The number of ether oxygens (including phenoxy) is 1. The number of nitrogens with zero attached hydrogens (tertiary/aromatic N) is 2. The van der Waals surface area contributed by atoms with Crippen LogP contribution in [0.4, 0.5) is 0 Å². The van der Waals surface area contributed by atoms with Crippen LogP contribution in [-0.2, 0) is 17.4 Å². The van der Waals surface area contributed by atoms with Crippen molar-refractivity contribution in [2.24, 2.45) is 0 Å². The van der Waals surface area contributed by atoms with Gasteiger partial charge in [-0.15, -0.1) is 0 Å². The first-order valence-corrected chi connectivity index (χ1v) is 12.5. The molecule has 2 aromatic heterocycles. The van der Waals surface area contributed by atoms with Crippen molar-refractivity contribution in [2.75, 3.05) is 18.6 Å². The quantitative estimate of drug-likeness (QED) is 0.296. The van der Waals surface area contributed by atoms with Crippen LogP contribution in [0.15, 0.2) is 82.6 Å². The molecule has 164 valence electrons. The standard InChI is InChI=1S/C25H23ClN2O3S/c1-32(16-6-15-31-20-12-10-19(26)11-13-20)23-22(29)21-9-5-14-27-24(21)28(25(23)30)17-18-7-3-2-4-8-18/h2-5,7-14H,6,15-17H2,1H3/p+1. The number of aromatic nitrogens is 2. The van der Waals surface area contributed by atoms with Gasteiger partial charge in [0.15, 0.2) is 5.75 Å². The highest BCUT2D eigenvalue weighted by atomic mass is 35.5. The fourth-order valence-electron chi connectivity index (χ4n) is 3.56. The minimum absolute atomic E-state index is 0.0341. The molecule has 32 heavy (non-hydrogen) atoms. The monoisotopic (exact) mass is 467 g/mol. The Bertz CT molecular complexity index is 1260. The molecule has 0 spiro atoms. The van der Waals surface area contributed by atoms with Gasteiger partial charge in [-0.25, -0.2) is 4.98 Å². The molecule has 1 unspecified atom stereocenters. The van der Waals surface area contributed by atoms with E-state index in [9.17, 15) is 9.90 Å². The molecule has 0 bridgehead atoms. The van der Waals surface area contributed by atoms with Gasteiger partial charge in [-0.2, -0.15) is 0 Å². The summed E-state index contributed by atoms with van der Waals surface area (Å²) in [5, 5.41) is 12.2. The smallest absolute Gasteiger partial charge is 0.311 e. The number of aromatic hydroxyl groups is 1. The fourth-order valence-corrected chi connectivity index (χ4v) is 5.29. The summed E-state index contributed by atoms with van der Waals surface area (Å²) >= 11 is 5.90. The van der Waals surface area contributed by atoms with E-state index in [4.69, 9.17) is 16.3 Å². The molecule has 1 atom stereocenters. The first kappa shape index (κ1) is 22.2. The molecule has 0 saturated carbocycles. The third-order valence-corrected chi connectivity index (χ3v) is 7.38. The molecule has 1 N–H and O–H groups in total. The van der Waals surface area contributed by atoms with Gasteiger partial charge in [0.1, 0.15) is 23.4 Å². The summed E-state index contributed by atoms with van der Waals surface area (Å²) < 4.78 is 7.43. The van der Waals surface area contributed by atoms with Crippen LogP contribution in [-0.4, -0.2) is 33.3 Å². The Balaban J connectivity index is 1.57. The lowest BCUT2D eigenvalue weighted by molar-refractivity contribution is 0.318. The molecule has 0 amide bonds. The van der Waals surface area contributed by atoms with Crippen molar-refractivity contribution in [2.45, 2.75) is 17.9 Å². The third-order valence-electron chi connectivity index (χ3n) is 5.16. The summed E-state index contributed by atoms with van der Waals surface area (Å²) in [6, 6.07) is 20.6. The molecule has 7 heteroatoms. The average Bonchev–Trinajstić information content (AvgIpc) is 2.81. The Morgan fingerprint density at radius 2 is 1.81 bits per heavy atom. The summed E-state index contributed by atoms with van der Waals surface area (Å²) in [5.74, 6) is 1.52. The largest absolute Gasteiger partial charge is 0.503 e. The highest BCUT2D eigenvalue weighted by Gasteiger charge is 2.29. The lowest BCUT2D eigenvalue weighted by Gasteiger charge is -2.13. The first-order valence-electron chi connectivity index (χ1n) is 10.3. The summed E-state index contributed by atoms with van der Waals surface area (Å²) in [4.78, 5) is 18.3. The topological polar surface area (TPSA) is 64.3 Å². The normalized spacial score (nSPS) is 12.1. The molecule has 5 nitrogen and oxygen atoms in total. The van der Waals surface area contributed by atoms with Gasteiger partial charge in [-0.3, -0.25) is 9.36 Å². The molecule has 4 rings (SSSR count). The zero-order valence-corrected chi connectivity index (χ0v) is 19.3. The Morgan fingerprint density at radius 1 is 1.06 bits per heavy atom. The summed E-state index contributed by atoms with van der Waals surface area (Å²) in [6.45, 7) is 0.921. The van der Waals surface area contributed by atoms with Crippen molar-refractivity contribution in [3.63, 3.8) is 0 Å². The number of rotatable bonds is 8. The van der Waals surface area contributed by atoms with E-state index in [1.54, 1.807) is 29.0 Å². The lowest BCUT2D eigenvalue weighted by Crippen LogP contribution is -2.28. The Morgan fingerprint density at radius 3 is 2.56 bits per heavy atom. The van der Waals surface area contributed by atoms with Gasteiger partial charge in [0.2, 0.25) is 0 Å². The van der Waals surface area contributed by atoms with Crippen LogP contribution < -0.4 is 10.3 Å². The minimum atomic E-state index is -0.455. The van der Waals surface area contributed by atoms with Crippen molar-refractivity contribution in [3.8, 4) is 11.5 Å². The van der Waals surface area contributed by atoms with Gasteiger partial charge in [0.25, 0.3) is 4.90 Å². The lowest BCUT2D eigenvalue weighted by atomic mass is 10.2. The minimum Gasteiger partial charge on any atom is -0.503 e.